The molecule has 0 saturated heterocycles. The fraction of sp³-hybridized carbons (Fsp3) is 0.0833. The van der Waals surface area contributed by atoms with E-state index in [4.69, 9.17) is 0 Å². The van der Waals surface area contributed by atoms with Gasteiger partial charge in [0.1, 0.15) is 5.52 Å². The van der Waals surface area contributed by atoms with Crippen LogP contribution in [-0.4, -0.2) is 20.0 Å². The minimum atomic E-state index is 0.944. The number of aromatic nitrogens is 4. The predicted octanol–water partition coefficient (Wildman–Crippen LogP) is 2.12. The third-order valence-corrected chi connectivity index (χ3v) is 2.59. The van der Waals surface area contributed by atoms with E-state index < -0.39 is 0 Å². The number of pyridine rings is 1. The molecule has 2 heterocycles. The Morgan fingerprint density at radius 2 is 1.88 bits per heavy atom. The van der Waals surface area contributed by atoms with Gasteiger partial charge in [-0.25, -0.2) is 4.68 Å². The second-order valence-corrected chi connectivity index (χ2v) is 3.65. The Hall–Kier alpha value is -2.23. The highest BCUT2D eigenvalue weighted by Crippen LogP contribution is 2.18. The number of hydrogen-bond donors (Lipinski definition) is 0. The average Bonchev–Trinajstić information content (AvgIpc) is 2.75. The van der Waals surface area contributed by atoms with Crippen molar-refractivity contribution >= 4 is 11.0 Å². The van der Waals surface area contributed by atoms with E-state index in [0.29, 0.717) is 0 Å². The number of fused-ring (bicyclic) bond motifs is 1. The van der Waals surface area contributed by atoms with Crippen molar-refractivity contribution < 1.29 is 0 Å². The number of nitrogens with zero attached hydrogens (tertiary/aromatic N) is 4. The molecule has 0 atom stereocenters. The van der Waals surface area contributed by atoms with Crippen molar-refractivity contribution in [2.75, 3.05) is 0 Å². The molecule has 0 aliphatic carbocycles. The summed E-state index contributed by atoms with van der Waals surface area (Å²) in [6.07, 6.45) is 3.50. The second-order valence-electron chi connectivity index (χ2n) is 3.65. The maximum absolute atomic E-state index is 4.19. The fourth-order valence-corrected chi connectivity index (χ4v) is 1.76. The number of aryl methyl sites for hydroxylation is 1. The first kappa shape index (κ1) is 9.03. The van der Waals surface area contributed by atoms with Crippen molar-refractivity contribution in [1.82, 2.24) is 20.0 Å². The highest BCUT2D eigenvalue weighted by atomic mass is 15.4. The van der Waals surface area contributed by atoms with Crippen LogP contribution in [0.2, 0.25) is 0 Å². The van der Waals surface area contributed by atoms with Crippen LogP contribution in [0.4, 0.5) is 0 Å². The molecule has 0 radical (unpaired) electrons. The molecule has 0 aliphatic heterocycles. The van der Waals surface area contributed by atoms with E-state index in [2.05, 4.69) is 15.3 Å². The molecular formula is C12H10N4. The minimum Gasteiger partial charge on any atom is -0.265 e. The van der Waals surface area contributed by atoms with Gasteiger partial charge in [0, 0.05) is 12.4 Å². The summed E-state index contributed by atoms with van der Waals surface area (Å²) in [5.41, 5.74) is 4.08. The SMILES string of the molecule is Cc1cccc2c1nnn2-c1ccncc1. The molecule has 2 aromatic heterocycles. The van der Waals surface area contributed by atoms with Crippen molar-refractivity contribution in [3.8, 4) is 5.69 Å². The van der Waals surface area contributed by atoms with Crippen LogP contribution in [0.1, 0.15) is 5.56 Å². The molecule has 3 aromatic rings. The van der Waals surface area contributed by atoms with Crippen molar-refractivity contribution in [3.63, 3.8) is 0 Å². The van der Waals surface area contributed by atoms with Gasteiger partial charge in [-0.15, -0.1) is 5.10 Å². The molecule has 3 rings (SSSR count). The Balaban J connectivity index is 2.30. The molecule has 0 aliphatic rings. The fourth-order valence-electron chi connectivity index (χ4n) is 1.76. The van der Waals surface area contributed by atoms with E-state index in [0.717, 1.165) is 22.3 Å². The van der Waals surface area contributed by atoms with Crippen LogP contribution in [0.15, 0.2) is 42.7 Å². The molecule has 4 nitrogen and oxygen atoms in total. The topological polar surface area (TPSA) is 43.6 Å². The zero-order valence-corrected chi connectivity index (χ0v) is 8.83. The summed E-state index contributed by atoms with van der Waals surface area (Å²) < 4.78 is 1.82. The lowest BCUT2D eigenvalue weighted by Gasteiger charge is -2.00. The molecule has 0 saturated carbocycles. The highest BCUT2D eigenvalue weighted by molar-refractivity contribution is 5.79. The van der Waals surface area contributed by atoms with Crippen LogP contribution >= 0.6 is 0 Å². The smallest absolute Gasteiger partial charge is 0.116 e. The normalized spacial score (nSPS) is 10.8. The summed E-state index contributed by atoms with van der Waals surface area (Å²) in [4.78, 5) is 3.99. The molecule has 0 amide bonds. The van der Waals surface area contributed by atoms with Crippen LogP contribution in [0.5, 0.6) is 0 Å². The molecule has 0 spiro atoms. The van der Waals surface area contributed by atoms with E-state index in [1.165, 1.54) is 0 Å². The highest BCUT2D eigenvalue weighted by Gasteiger charge is 2.06. The summed E-state index contributed by atoms with van der Waals surface area (Å²) >= 11 is 0. The molecule has 0 fully saturated rings. The number of rotatable bonds is 1. The maximum Gasteiger partial charge on any atom is 0.116 e. The predicted molar refractivity (Wildman–Crippen MR) is 61.4 cm³/mol. The van der Waals surface area contributed by atoms with Crippen LogP contribution in [0, 0.1) is 6.92 Å². The summed E-state index contributed by atoms with van der Waals surface area (Å²) in [6.45, 7) is 2.04. The maximum atomic E-state index is 4.19. The molecule has 1 aromatic carbocycles. The molecule has 0 N–H and O–H groups in total. The van der Waals surface area contributed by atoms with Crippen molar-refractivity contribution in [3.05, 3.63) is 48.3 Å². The summed E-state index contributed by atoms with van der Waals surface area (Å²) in [5.74, 6) is 0. The largest absolute Gasteiger partial charge is 0.265 e. The van der Waals surface area contributed by atoms with E-state index in [1.54, 1.807) is 12.4 Å². The average molecular weight is 210 g/mol. The van der Waals surface area contributed by atoms with Crippen LogP contribution in [0.25, 0.3) is 16.7 Å². The summed E-state index contributed by atoms with van der Waals surface area (Å²) in [7, 11) is 0. The lowest BCUT2D eigenvalue weighted by atomic mass is 10.2. The lowest BCUT2D eigenvalue weighted by Crippen LogP contribution is -1.96. The Labute approximate surface area is 92.6 Å². The van der Waals surface area contributed by atoms with Gasteiger partial charge in [-0.2, -0.15) is 0 Å². The van der Waals surface area contributed by atoms with Crippen LogP contribution < -0.4 is 0 Å². The standard InChI is InChI=1S/C12H10N4/c1-9-3-2-4-11-12(9)14-15-16(11)10-5-7-13-8-6-10/h2-8H,1H3. The molecule has 16 heavy (non-hydrogen) atoms. The first-order chi connectivity index (χ1) is 7.86. The Kier molecular flexibility index (Phi) is 1.93. The third kappa shape index (κ3) is 1.27. The van der Waals surface area contributed by atoms with E-state index >= 15 is 0 Å². The van der Waals surface area contributed by atoms with Crippen molar-refractivity contribution in [2.24, 2.45) is 0 Å². The zero-order valence-electron chi connectivity index (χ0n) is 8.83. The van der Waals surface area contributed by atoms with Gasteiger partial charge in [-0.05, 0) is 30.7 Å². The minimum absolute atomic E-state index is 0.944. The van der Waals surface area contributed by atoms with Crippen molar-refractivity contribution in [1.29, 1.82) is 0 Å². The Bertz CT molecular complexity index is 628. The van der Waals surface area contributed by atoms with Gasteiger partial charge in [0.05, 0.1) is 11.2 Å². The van der Waals surface area contributed by atoms with Gasteiger partial charge in [0.25, 0.3) is 0 Å². The van der Waals surface area contributed by atoms with Gasteiger partial charge >= 0.3 is 0 Å². The molecule has 0 unspecified atom stereocenters. The molecule has 0 bridgehead atoms. The number of hydrogen-bond acceptors (Lipinski definition) is 3. The van der Waals surface area contributed by atoms with Gasteiger partial charge in [0.2, 0.25) is 0 Å². The monoisotopic (exact) mass is 210 g/mol. The van der Waals surface area contributed by atoms with Crippen LogP contribution in [0.3, 0.4) is 0 Å². The van der Waals surface area contributed by atoms with Crippen molar-refractivity contribution in [2.45, 2.75) is 6.92 Å². The number of benzene rings is 1. The van der Waals surface area contributed by atoms with Gasteiger partial charge < -0.3 is 0 Å². The zero-order chi connectivity index (χ0) is 11.0. The summed E-state index contributed by atoms with van der Waals surface area (Å²) in [5, 5.41) is 8.35. The molecular weight excluding hydrogens is 200 g/mol. The van der Waals surface area contributed by atoms with E-state index in [-0.39, 0.29) is 0 Å². The van der Waals surface area contributed by atoms with Gasteiger partial charge in [0.15, 0.2) is 0 Å². The van der Waals surface area contributed by atoms with E-state index in [1.807, 2.05) is 41.9 Å². The first-order valence-electron chi connectivity index (χ1n) is 5.08. The molecule has 78 valence electrons. The molecule has 4 heteroatoms. The third-order valence-electron chi connectivity index (χ3n) is 2.59. The first-order valence-corrected chi connectivity index (χ1v) is 5.08. The van der Waals surface area contributed by atoms with E-state index in [9.17, 15) is 0 Å². The Morgan fingerprint density at radius 1 is 1.06 bits per heavy atom. The summed E-state index contributed by atoms with van der Waals surface area (Å²) in [6, 6.07) is 9.89. The second kappa shape index (κ2) is 3.41. The van der Waals surface area contributed by atoms with Gasteiger partial charge in [-0.3, -0.25) is 4.98 Å². The van der Waals surface area contributed by atoms with Gasteiger partial charge in [-0.1, -0.05) is 17.3 Å². The Morgan fingerprint density at radius 3 is 2.69 bits per heavy atom. The quantitative estimate of drug-likeness (QED) is 0.618. The lowest BCUT2D eigenvalue weighted by molar-refractivity contribution is 0.822. The van der Waals surface area contributed by atoms with Crippen LogP contribution in [-0.2, 0) is 0 Å².